The summed E-state index contributed by atoms with van der Waals surface area (Å²) in [6, 6.07) is 6.74. The zero-order chi connectivity index (χ0) is 18.9. The van der Waals surface area contributed by atoms with Crippen molar-refractivity contribution in [2.45, 2.75) is 58.1 Å². The van der Waals surface area contributed by atoms with Gasteiger partial charge in [0.2, 0.25) is 5.91 Å². The van der Waals surface area contributed by atoms with Crippen LogP contribution in [0.25, 0.3) is 0 Å². The molecule has 1 fully saturated rings. The fourth-order valence-corrected chi connectivity index (χ4v) is 2.92. The molecular formula is C19H25NO6. The summed E-state index contributed by atoms with van der Waals surface area (Å²) in [6.45, 7) is 2.75. The fraction of sp³-hybridized carbons (Fsp3) is 0.526. The van der Waals surface area contributed by atoms with Crippen molar-refractivity contribution in [2.24, 2.45) is 0 Å². The molecule has 0 saturated carbocycles. The van der Waals surface area contributed by atoms with Gasteiger partial charge in [-0.25, -0.2) is 0 Å². The maximum atomic E-state index is 11.7. The minimum absolute atomic E-state index is 0.0233. The van der Waals surface area contributed by atoms with Crippen molar-refractivity contribution >= 4 is 17.8 Å². The van der Waals surface area contributed by atoms with Crippen LogP contribution in [0.3, 0.4) is 0 Å². The molecule has 1 saturated heterocycles. The molecule has 0 spiro atoms. The highest BCUT2D eigenvalue weighted by Gasteiger charge is 2.23. The van der Waals surface area contributed by atoms with E-state index in [4.69, 9.17) is 14.2 Å². The van der Waals surface area contributed by atoms with Crippen LogP contribution in [-0.4, -0.2) is 36.6 Å². The molecule has 1 aliphatic rings. The first-order valence-electron chi connectivity index (χ1n) is 8.81. The number of para-hydroxylation sites is 2. The number of hydrogen-bond donors (Lipinski definition) is 1. The second-order valence-electron chi connectivity index (χ2n) is 6.33. The van der Waals surface area contributed by atoms with E-state index in [2.05, 4.69) is 5.32 Å². The number of ether oxygens (including phenoxy) is 3. The first-order chi connectivity index (χ1) is 12.4. The summed E-state index contributed by atoms with van der Waals surface area (Å²) < 4.78 is 16.2. The zero-order valence-electron chi connectivity index (χ0n) is 15.2. The lowest BCUT2D eigenvalue weighted by Gasteiger charge is -2.23. The van der Waals surface area contributed by atoms with Crippen LogP contribution in [0.2, 0.25) is 0 Å². The Morgan fingerprint density at radius 2 is 1.88 bits per heavy atom. The lowest BCUT2D eigenvalue weighted by molar-refractivity contribution is -0.148. The highest BCUT2D eigenvalue weighted by atomic mass is 16.6. The Morgan fingerprint density at radius 3 is 2.58 bits per heavy atom. The Labute approximate surface area is 153 Å². The number of rotatable bonds is 7. The lowest BCUT2D eigenvalue weighted by atomic mass is 10.0. The molecule has 2 unspecified atom stereocenters. The van der Waals surface area contributed by atoms with Gasteiger partial charge in [-0.1, -0.05) is 18.6 Å². The molecule has 1 aromatic carbocycles. The average molecular weight is 363 g/mol. The van der Waals surface area contributed by atoms with Gasteiger partial charge < -0.3 is 19.5 Å². The van der Waals surface area contributed by atoms with Gasteiger partial charge in [0.05, 0.1) is 0 Å². The van der Waals surface area contributed by atoms with E-state index in [1.807, 2.05) is 0 Å². The molecule has 0 bridgehead atoms. The maximum Gasteiger partial charge on any atom is 0.308 e. The van der Waals surface area contributed by atoms with E-state index in [-0.39, 0.29) is 18.6 Å². The van der Waals surface area contributed by atoms with Crippen LogP contribution in [0.4, 0.5) is 0 Å². The van der Waals surface area contributed by atoms with Gasteiger partial charge in [0.25, 0.3) is 0 Å². The normalized spacial score (nSPS) is 18.2. The van der Waals surface area contributed by atoms with Crippen molar-refractivity contribution in [1.29, 1.82) is 0 Å². The predicted octanol–water partition coefficient (Wildman–Crippen LogP) is 2.37. The van der Waals surface area contributed by atoms with Crippen molar-refractivity contribution < 1.29 is 28.6 Å². The summed E-state index contributed by atoms with van der Waals surface area (Å²) in [4.78, 5) is 34.3. The lowest BCUT2D eigenvalue weighted by Crippen LogP contribution is -2.38. The quantitative estimate of drug-likeness (QED) is 0.591. The smallest absolute Gasteiger partial charge is 0.308 e. The molecule has 7 heteroatoms. The summed E-state index contributed by atoms with van der Waals surface area (Å²) in [5.74, 6) is -0.130. The highest BCUT2D eigenvalue weighted by Crippen LogP contribution is 2.27. The van der Waals surface area contributed by atoms with E-state index >= 15 is 0 Å². The van der Waals surface area contributed by atoms with Gasteiger partial charge >= 0.3 is 11.9 Å². The molecule has 0 aromatic heterocycles. The van der Waals surface area contributed by atoms with Gasteiger partial charge in [-0.2, -0.15) is 0 Å². The van der Waals surface area contributed by atoms with E-state index in [0.29, 0.717) is 24.3 Å². The molecule has 7 nitrogen and oxygen atoms in total. The first-order valence-corrected chi connectivity index (χ1v) is 8.81. The molecule has 0 aliphatic carbocycles. The summed E-state index contributed by atoms with van der Waals surface area (Å²) in [6.07, 6.45) is 3.15. The van der Waals surface area contributed by atoms with Gasteiger partial charge in [0.1, 0.15) is 12.7 Å². The minimum Gasteiger partial charge on any atom is -0.486 e. The van der Waals surface area contributed by atoms with Crippen molar-refractivity contribution in [3.05, 3.63) is 24.3 Å². The van der Waals surface area contributed by atoms with Crippen LogP contribution in [0.5, 0.6) is 11.5 Å². The SMILES string of the molecule is CC(=O)Oc1ccccc1OCC(CC1CCCCC(=O)N1)OC(C)=O. The molecule has 1 aliphatic heterocycles. The first kappa shape index (κ1) is 19.8. The van der Waals surface area contributed by atoms with E-state index in [0.717, 1.165) is 19.3 Å². The number of esters is 2. The molecule has 142 valence electrons. The third-order valence-electron chi connectivity index (χ3n) is 3.98. The molecule has 2 atom stereocenters. The predicted molar refractivity (Wildman–Crippen MR) is 93.8 cm³/mol. The van der Waals surface area contributed by atoms with Gasteiger partial charge in [0, 0.05) is 32.7 Å². The van der Waals surface area contributed by atoms with Crippen LogP contribution in [0.1, 0.15) is 46.0 Å². The standard InChI is InChI=1S/C19H25NO6/c1-13(21)25-16(11-15-7-3-6-10-19(23)20-15)12-24-17-8-4-5-9-18(17)26-14(2)22/h4-5,8-9,15-16H,3,6-7,10-12H2,1-2H3,(H,20,23). The summed E-state index contributed by atoms with van der Waals surface area (Å²) in [5.41, 5.74) is 0. The number of carbonyl (C=O) groups is 3. The van der Waals surface area contributed by atoms with Gasteiger partial charge in [0.15, 0.2) is 11.5 Å². The van der Waals surface area contributed by atoms with Crippen LogP contribution >= 0.6 is 0 Å². The second-order valence-corrected chi connectivity index (χ2v) is 6.33. The third-order valence-corrected chi connectivity index (χ3v) is 3.98. The Kier molecular flexibility index (Phi) is 7.44. The van der Waals surface area contributed by atoms with Crippen molar-refractivity contribution in [1.82, 2.24) is 5.32 Å². The number of amides is 1. The average Bonchev–Trinajstić information content (AvgIpc) is 2.76. The Hall–Kier alpha value is -2.57. The van der Waals surface area contributed by atoms with Crippen molar-refractivity contribution in [3.63, 3.8) is 0 Å². The topological polar surface area (TPSA) is 90.9 Å². The van der Waals surface area contributed by atoms with Crippen LogP contribution in [0.15, 0.2) is 24.3 Å². The van der Waals surface area contributed by atoms with E-state index in [9.17, 15) is 14.4 Å². The molecule has 1 N–H and O–H groups in total. The Morgan fingerprint density at radius 1 is 1.15 bits per heavy atom. The zero-order valence-corrected chi connectivity index (χ0v) is 15.2. The minimum atomic E-state index is -0.513. The highest BCUT2D eigenvalue weighted by molar-refractivity contribution is 5.76. The van der Waals surface area contributed by atoms with Gasteiger partial charge in [-0.3, -0.25) is 14.4 Å². The van der Waals surface area contributed by atoms with Crippen LogP contribution in [0, 0.1) is 0 Å². The van der Waals surface area contributed by atoms with Gasteiger partial charge in [-0.05, 0) is 25.0 Å². The second kappa shape index (κ2) is 9.79. The number of hydrogen-bond acceptors (Lipinski definition) is 6. The molecule has 1 amide bonds. The van der Waals surface area contributed by atoms with Crippen molar-refractivity contribution in [2.75, 3.05) is 6.61 Å². The number of benzene rings is 1. The van der Waals surface area contributed by atoms with Crippen LogP contribution < -0.4 is 14.8 Å². The largest absolute Gasteiger partial charge is 0.486 e. The van der Waals surface area contributed by atoms with E-state index in [1.165, 1.54) is 13.8 Å². The van der Waals surface area contributed by atoms with Gasteiger partial charge in [-0.15, -0.1) is 0 Å². The van der Waals surface area contributed by atoms with E-state index in [1.54, 1.807) is 24.3 Å². The number of carbonyl (C=O) groups excluding carboxylic acids is 3. The van der Waals surface area contributed by atoms with Crippen LogP contribution in [-0.2, 0) is 19.1 Å². The van der Waals surface area contributed by atoms with E-state index < -0.39 is 18.0 Å². The summed E-state index contributed by atoms with van der Waals surface area (Å²) in [5, 5.41) is 2.96. The molecule has 1 heterocycles. The molecule has 26 heavy (non-hydrogen) atoms. The molecule has 2 rings (SSSR count). The molecule has 0 radical (unpaired) electrons. The third kappa shape index (κ3) is 6.74. The monoisotopic (exact) mass is 363 g/mol. The molecule has 1 aromatic rings. The molecular weight excluding hydrogens is 338 g/mol. The Bertz CT molecular complexity index is 645. The maximum absolute atomic E-state index is 11.7. The fourth-order valence-electron chi connectivity index (χ4n) is 2.92. The summed E-state index contributed by atoms with van der Waals surface area (Å²) >= 11 is 0. The van der Waals surface area contributed by atoms with Crippen molar-refractivity contribution in [3.8, 4) is 11.5 Å². The Balaban J connectivity index is 2.00. The number of nitrogens with one attached hydrogen (secondary N) is 1. The summed E-state index contributed by atoms with van der Waals surface area (Å²) in [7, 11) is 0.